The van der Waals surface area contributed by atoms with Gasteiger partial charge in [-0.05, 0) is 12.8 Å². The van der Waals surface area contributed by atoms with E-state index in [1.54, 1.807) is 12.3 Å². The molecule has 1 fully saturated rings. The molecule has 0 radical (unpaired) electrons. The predicted molar refractivity (Wildman–Crippen MR) is 60.5 cm³/mol. The number of nitrogens with zero attached hydrogens (tertiary/aromatic N) is 2. The maximum atomic E-state index is 11.7. The van der Waals surface area contributed by atoms with Crippen LogP contribution >= 0.6 is 11.3 Å². The summed E-state index contributed by atoms with van der Waals surface area (Å²) in [6, 6.07) is 1.75. The number of carbonyl (C=O) groups is 1. The molecular weight excluding hydrogens is 240 g/mol. The number of esters is 1. The quantitative estimate of drug-likeness (QED) is 0.779. The van der Waals surface area contributed by atoms with E-state index in [1.807, 2.05) is 5.38 Å². The van der Waals surface area contributed by atoms with Gasteiger partial charge >= 0.3 is 5.97 Å². The molecular formula is C11H10N2O3S. The molecule has 0 amide bonds. The summed E-state index contributed by atoms with van der Waals surface area (Å²) in [6.45, 7) is 0. The second-order valence-electron chi connectivity index (χ2n) is 3.99. The first-order chi connectivity index (χ1) is 8.26. The summed E-state index contributed by atoms with van der Waals surface area (Å²) < 4.78 is 9.86. The standard InChI is InChI=1S/C11H10N2O3S/c1-15-10(14)11(3-4-11)8-6-17-9(13-8)7-2-5-12-16-7/h2,5-6H,3-4H2,1H3. The number of thiazole rings is 1. The van der Waals surface area contributed by atoms with E-state index in [0.717, 1.165) is 23.5 Å². The molecule has 17 heavy (non-hydrogen) atoms. The Balaban J connectivity index is 1.94. The third kappa shape index (κ3) is 1.56. The lowest BCUT2D eigenvalue weighted by Crippen LogP contribution is -2.22. The summed E-state index contributed by atoms with van der Waals surface area (Å²) >= 11 is 1.45. The monoisotopic (exact) mass is 250 g/mol. The second-order valence-corrected chi connectivity index (χ2v) is 4.85. The van der Waals surface area contributed by atoms with Crippen molar-refractivity contribution in [2.45, 2.75) is 18.3 Å². The fraction of sp³-hybridized carbons (Fsp3) is 0.364. The van der Waals surface area contributed by atoms with Crippen LogP contribution in [-0.2, 0) is 14.9 Å². The minimum absolute atomic E-state index is 0.202. The van der Waals surface area contributed by atoms with Crippen molar-refractivity contribution in [3.63, 3.8) is 0 Å². The Morgan fingerprint density at radius 3 is 3.00 bits per heavy atom. The van der Waals surface area contributed by atoms with E-state index in [-0.39, 0.29) is 5.97 Å². The fourth-order valence-corrected chi connectivity index (χ4v) is 2.69. The van der Waals surface area contributed by atoms with Crippen molar-refractivity contribution >= 4 is 17.3 Å². The fourth-order valence-electron chi connectivity index (χ4n) is 1.82. The molecule has 0 N–H and O–H groups in total. The molecule has 0 bridgehead atoms. The highest BCUT2D eigenvalue weighted by molar-refractivity contribution is 7.13. The van der Waals surface area contributed by atoms with Crippen molar-refractivity contribution < 1.29 is 14.1 Å². The number of ether oxygens (including phenoxy) is 1. The van der Waals surface area contributed by atoms with Crippen molar-refractivity contribution in [3.8, 4) is 10.8 Å². The summed E-state index contributed by atoms with van der Waals surface area (Å²) in [6.07, 6.45) is 3.18. The van der Waals surface area contributed by atoms with Crippen molar-refractivity contribution in [3.05, 3.63) is 23.3 Å². The number of aromatic nitrogens is 2. The lowest BCUT2D eigenvalue weighted by molar-refractivity contribution is -0.143. The zero-order valence-electron chi connectivity index (χ0n) is 9.17. The highest BCUT2D eigenvalue weighted by Crippen LogP contribution is 2.49. The highest BCUT2D eigenvalue weighted by atomic mass is 32.1. The van der Waals surface area contributed by atoms with Crippen LogP contribution in [0.25, 0.3) is 10.8 Å². The molecule has 0 unspecified atom stereocenters. The zero-order valence-corrected chi connectivity index (χ0v) is 9.99. The Kier molecular flexibility index (Phi) is 2.25. The molecule has 1 aliphatic rings. The van der Waals surface area contributed by atoms with Gasteiger partial charge in [0.25, 0.3) is 0 Å². The lowest BCUT2D eigenvalue weighted by atomic mass is 10.0. The van der Waals surface area contributed by atoms with Crippen molar-refractivity contribution in [1.82, 2.24) is 10.1 Å². The SMILES string of the molecule is COC(=O)C1(c2csc(-c3ccno3)n2)CC1. The van der Waals surface area contributed by atoms with Gasteiger partial charge in [0.05, 0.1) is 19.0 Å². The third-order valence-electron chi connectivity index (χ3n) is 2.97. The van der Waals surface area contributed by atoms with Crippen LogP contribution in [0.4, 0.5) is 0 Å². The van der Waals surface area contributed by atoms with E-state index in [1.165, 1.54) is 18.4 Å². The normalized spacial score (nSPS) is 16.8. The third-order valence-corrected chi connectivity index (χ3v) is 3.83. The molecule has 0 saturated heterocycles. The Morgan fingerprint density at radius 1 is 1.59 bits per heavy atom. The van der Waals surface area contributed by atoms with E-state index in [2.05, 4.69) is 10.1 Å². The van der Waals surface area contributed by atoms with Gasteiger partial charge in [0.1, 0.15) is 5.41 Å². The van der Waals surface area contributed by atoms with Crippen LogP contribution in [-0.4, -0.2) is 23.2 Å². The molecule has 0 aromatic carbocycles. The summed E-state index contributed by atoms with van der Waals surface area (Å²) in [5.41, 5.74) is 0.268. The van der Waals surface area contributed by atoms with E-state index in [9.17, 15) is 4.79 Å². The Bertz CT molecular complexity index is 543. The number of hydrogen-bond donors (Lipinski definition) is 0. The highest BCUT2D eigenvalue weighted by Gasteiger charge is 2.54. The molecule has 2 aromatic rings. The van der Waals surface area contributed by atoms with Gasteiger partial charge in [-0.2, -0.15) is 0 Å². The molecule has 2 aromatic heterocycles. The van der Waals surface area contributed by atoms with E-state index < -0.39 is 5.41 Å². The molecule has 0 spiro atoms. The van der Waals surface area contributed by atoms with Crippen molar-refractivity contribution in [1.29, 1.82) is 0 Å². The maximum absolute atomic E-state index is 11.7. The predicted octanol–water partition coefficient (Wildman–Crippen LogP) is 2.00. The lowest BCUT2D eigenvalue weighted by Gasteiger charge is -2.08. The summed E-state index contributed by atoms with van der Waals surface area (Å²) in [4.78, 5) is 16.1. The minimum atomic E-state index is -0.510. The van der Waals surface area contributed by atoms with Gasteiger partial charge in [-0.15, -0.1) is 11.3 Å². The Hall–Kier alpha value is -1.69. The zero-order chi connectivity index (χ0) is 11.9. The first kappa shape index (κ1) is 10.5. The van der Waals surface area contributed by atoms with Crippen LogP contribution in [0.15, 0.2) is 22.2 Å². The van der Waals surface area contributed by atoms with Gasteiger partial charge in [-0.3, -0.25) is 4.79 Å². The van der Waals surface area contributed by atoms with Gasteiger partial charge in [0.15, 0.2) is 10.8 Å². The number of carbonyl (C=O) groups excluding carboxylic acids is 1. The number of hydrogen-bond acceptors (Lipinski definition) is 6. The van der Waals surface area contributed by atoms with Crippen LogP contribution in [0.3, 0.4) is 0 Å². The van der Waals surface area contributed by atoms with Gasteiger partial charge in [0, 0.05) is 11.4 Å². The number of methoxy groups -OCH3 is 1. The largest absolute Gasteiger partial charge is 0.468 e. The van der Waals surface area contributed by atoms with Crippen LogP contribution in [0.2, 0.25) is 0 Å². The molecule has 3 rings (SSSR count). The van der Waals surface area contributed by atoms with Crippen molar-refractivity contribution in [2.24, 2.45) is 0 Å². The summed E-state index contributed by atoms with van der Waals surface area (Å²) in [7, 11) is 1.41. The van der Waals surface area contributed by atoms with Gasteiger partial charge in [0.2, 0.25) is 0 Å². The van der Waals surface area contributed by atoms with Crippen molar-refractivity contribution in [2.75, 3.05) is 7.11 Å². The topological polar surface area (TPSA) is 65.2 Å². The molecule has 0 aliphatic heterocycles. The van der Waals surface area contributed by atoms with E-state index in [4.69, 9.17) is 9.26 Å². The molecule has 88 valence electrons. The smallest absolute Gasteiger partial charge is 0.317 e. The minimum Gasteiger partial charge on any atom is -0.468 e. The second kappa shape index (κ2) is 3.66. The molecule has 1 aliphatic carbocycles. The Morgan fingerprint density at radius 2 is 2.41 bits per heavy atom. The van der Waals surface area contributed by atoms with Gasteiger partial charge in [-0.25, -0.2) is 4.98 Å². The average Bonchev–Trinajstić information content (AvgIpc) is 2.84. The average molecular weight is 250 g/mol. The number of rotatable bonds is 3. The molecule has 5 nitrogen and oxygen atoms in total. The van der Waals surface area contributed by atoms with Crippen LogP contribution in [0.1, 0.15) is 18.5 Å². The van der Waals surface area contributed by atoms with Crippen LogP contribution in [0.5, 0.6) is 0 Å². The Labute approximate surface area is 101 Å². The molecule has 0 atom stereocenters. The molecule has 6 heteroatoms. The summed E-state index contributed by atoms with van der Waals surface area (Å²) in [5, 5.41) is 6.27. The first-order valence-corrected chi connectivity index (χ1v) is 6.10. The van der Waals surface area contributed by atoms with Gasteiger partial charge < -0.3 is 9.26 Å². The van der Waals surface area contributed by atoms with Crippen LogP contribution in [0, 0.1) is 0 Å². The first-order valence-electron chi connectivity index (χ1n) is 5.22. The summed E-state index contributed by atoms with van der Waals surface area (Å²) in [5.74, 6) is 0.425. The molecule has 2 heterocycles. The van der Waals surface area contributed by atoms with Gasteiger partial charge in [-0.1, -0.05) is 5.16 Å². The van der Waals surface area contributed by atoms with E-state index in [0.29, 0.717) is 5.76 Å². The van der Waals surface area contributed by atoms with Crippen LogP contribution < -0.4 is 0 Å². The van der Waals surface area contributed by atoms with E-state index >= 15 is 0 Å². The maximum Gasteiger partial charge on any atom is 0.317 e. The molecule has 1 saturated carbocycles.